The van der Waals surface area contributed by atoms with E-state index in [1.807, 2.05) is 0 Å². The predicted molar refractivity (Wildman–Crippen MR) is 67.7 cm³/mol. The Morgan fingerprint density at radius 2 is 1.91 bits per heavy atom. The van der Waals surface area contributed by atoms with Gasteiger partial charge in [0.1, 0.15) is 0 Å². The van der Waals surface area contributed by atoms with Crippen molar-refractivity contribution in [1.82, 2.24) is 0 Å². The molecule has 2 heterocycles. The first kappa shape index (κ1) is 17.8. The molecule has 128 valence electrons. The summed E-state index contributed by atoms with van der Waals surface area (Å²) in [5, 5.41) is -5.35. The Hall–Kier alpha value is -0.550. The van der Waals surface area contributed by atoms with Crippen LogP contribution in [-0.2, 0) is 19.6 Å². The monoisotopic (exact) mass is 365 g/mol. The number of carbonyl (C=O) groups excluding carboxylic acids is 1. The lowest BCUT2D eigenvalue weighted by atomic mass is 9.89. The molecule has 3 unspecified atom stereocenters. The highest BCUT2D eigenvalue weighted by Crippen LogP contribution is 2.49. The van der Waals surface area contributed by atoms with E-state index < -0.39 is 46.2 Å². The number of rotatable bonds is 6. The Morgan fingerprint density at radius 1 is 1.27 bits per heavy atom. The third-order valence-corrected chi connectivity index (χ3v) is 6.46. The SMILES string of the molecule is O=C(OCCC(F)(F)C(F)(F)S(=O)(=O)[O-])C1CC2CCC1S2. The van der Waals surface area contributed by atoms with E-state index in [4.69, 9.17) is 0 Å². The number of carbonyl (C=O) groups is 1. The summed E-state index contributed by atoms with van der Waals surface area (Å²) < 4.78 is 87.2. The predicted octanol–water partition coefficient (Wildman–Crippen LogP) is 1.98. The van der Waals surface area contributed by atoms with E-state index in [2.05, 4.69) is 4.74 Å². The molecule has 2 aliphatic rings. The number of hydrogen-bond donors (Lipinski definition) is 0. The van der Waals surface area contributed by atoms with E-state index >= 15 is 0 Å². The van der Waals surface area contributed by atoms with Crippen LogP contribution >= 0.6 is 11.8 Å². The zero-order chi connectivity index (χ0) is 16.8. The maximum Gasteiger partial charge on any atom is 0.396 e. The molecule has 0 aliphatic carbocycles. The summed E-state index contributed by atoms with van der Waals surface area (Å²) in [5.74, 6) is -6.29. The molecule has 0 aromatic rings. The minimum Gasteiger partial charge on any atom is -0.743 e. The molecule has 0 N–H and O–H groups in total. The average Bonchev–Trinajstić information content (AvgIpc) is 2.98. The Bertz CT molecular complexity index is 551. The Balaban J connectivity index is 1.86. The lowest BCUT2D eigenvalue weighted by molar-refractivity contribution is -0.176. The van der Waals surface area contributed by atoms with Crippen LogP contribution in [0, 0.1) is 5.92 Å². The van der Waals surface area contributed by atoms with E-state index in [-0.39, 0.29) is 5.25 Å². The molecule has 0 amide bonds. The fraction of sp³-hybridized carbons (Fsp3) is 0.909. The van der Waals surface area contributed by atoms with Crippen LogP contribution in [0.1, 0.15) is 25.7 Å². The number of alkyl halides is 4. The molecule has 0 radical (unpaired) electrons. The van der Waals surface area contributed by atoms with Gasteiger partial charge in [0, 0.05) is 10.5 Å². The van der Waals surface area contributed by atoms with Crippen molar-refractivity contribution in [2.24, 2.45) is 5.92 Å². The van der Waals surface area contributed by atoms with Gasteiger partial charge in [0.25, 0.3) is 0 Å². The number of hydrogen-bond acceptors (Lipinski definition) is 6. The zero-order valence-corrected chi connectivity index (χ0v) is 12.8. The normalized spacial score (nSPS) is 28.9. The van der Waals surface area contributed by atoms with Gasteiger partial charge in [0.15, 0.2) is 10.1 Å². The Labute approximate surface area is 128 Å². The van der Waals surface area contributed by atoms with E-state index in [0.29, 0.717) is 11.7 Å². The van der Waals surface area contributed by atoms with Gasteiger partial charge in [0.2, 0.25) is 0 Å². The van der Waals surface area contributed by atoms with Gasteiger partial charge in [-0.05, 0) is 19.3 Å². The van der Waals surface area contributed by atoms with Crippen LogP contribution in [0.4, 0.5) is 17.6 Å². The molecule has 2 aliphatic heterocycles. The Morgan fingerprint density at radius 3 is 2.36 bits per heavy atom. The number of ether oxygens (including phenoxy) is 1. The maximum absolute atomic E-state index is 13.2. The first-order valence-electron chi connectivity index (χ1n) is 6.49. The quantitative estimate of drug-likeness (QED) is 0.407. The first-order valence-corrected chi connectivity index (χ1v) is 8.84. The molecule has 2 bridgehead atoms. The molecule has 3 atom stereocenters. The lowest BCUT2D eigenvalue weighted by Gasteiger charge is -2.28. The van der Waals surface area contributed by atoms with Crippen molar-refractivity contribution < 1.29 is 40.1 Å². The van der Waals surface area contributed by atoms with Gasteiger partial charge in [-0.2, -0.15) is 29.3 Å². The molecule has 0 saturated carbocycles. The molecule has 11 heteroatoms. The summed E-state index contributed by atoms with van der Waals surface area (Å²) in [5.41, 5.74) is 0. The summed E-state index contributed by atoms with van der Waals surface area (Å²) >= 11 is 1.62. The molecule has 0 aromatic carbocycles. The summed E-state index contributed by atoms with van der Waals surface area (Å²) in [4.78, 5) is 11.7. The van der Waals surface area contributed by atoms with Gasteiger partial charge >= 0.3 is 17.1 Å². The fourth-order valence-corrected chi connectivity index (χ4v) is 4.84. The van der Waals surface area contributed by atoms with Gasteiger partial charge < -0.3 is 9.29 Å². The van der Waals surface area contributed by atoms with E-state index in [1.54, 1.807) is 11.8 Å². The highest BCUT2D eigenvalue weighted by atomic mass is 32.2. The van der Waals surface area contributed by atoms with E-state index in [1.165, 1.54) is 0 Å². The topological polar surface area (TPSA) is 83.5 Å². The first-order chi connectivity index (χ1) is 9.96. The van der Waals surface area contributed by atoms with E-state index in [9.17, 15) is 35.3 Å². The fourth-order valence-electron chi connectivity index (χ4n) is 2.60. The van der Waals surface area contributed by atoms with Crippen LogP contribution < -0.4 is 0 Å². The third kappa shape index (κ3) is 3.21. The smallest absolute Gasteiger partial charge is 0.396 e. The average molecular weight is 365 g/mol. The highest BCUT2D eigenvalue weighted by molar-refractivity contribution is 8.01. The number of thioether (sulfide) groups is 1. The second-order valence-electron chi connectivity index (χ2n) is 5.31. The number of halogens is 4. The standard InChI is InChI=1S/C11H14F4O5S2/c12-10(13,11(14,15)22(17,18)19)3-4-20-9(16)7-5-6-1-2-8(7)21-6/h6-8H,1-5H2,(H,17,18,19)/p-1. The molecular weight excluding hydrogens is 352 g/mol. The van der Waals surface area contributed by atoms with Crippen molar-refractivity contribution in [3.63, 3.8) is 0 Å². The van der Waals surface area contributed by atoms with Crippen LogP contribution in [0.2, 0.25) is 0 Å². The van der Waals surface area contributed by atoms with Gasteiger partial charge in [-0.1, -0.05) is 0 Å². The summed E-state index contributed by atoms with van der Waals surface area (Å²) in [6, 6.07) is 0. The zero-order valence-electron chi connectivity index (χ0n) is 11.1. The van der Waals surface area contributed by atoms with Gasteiger partial charge in [-0.25, -0.2) is 8.42 Å². The lowest BCUT2D eigenvalue weighted by Crippen LogP contribution is -2.47. The van der Waals surface area contributed by atoms with Gasteiger partial charge in [-0.3, -0.25) is 4.79 Å². The minimum absolute atomic E-state index is 0.0569. The van der Waals surface area contributed by atoms with Crippen molar-refractivity contribution in [3.05, 3.63) is 0 Å². The molecule has 22 heavy (non-hydrogen) atoms. The second kappa shape index (κ2) is 5.82. The van der Waals surface area contributed by atoms with Crippen LogP contribution in [-0.4, -0.2) is 47.2 Å². The third-order valence-electron chi connectivity index (χ3n) is 3.81. The number of fused-ring (bicyclic) bond motifs is 2. The molecular formula is C11H13F4O5S2-. The molecule has 5 nitrogen and oxygen atoms in total. The van der Waals surface area contributed by atoms with Gasteiger partial charge in [-0.15, -0.1) is 0 Å². The van der Waals surface area contributed by atoms with Crippen LogP contribution in [0.5, 0.6) is 0 Å². The summed E-state index contributed by atoms with van der Waals surface area (Å²) in [7, 11) is -6.51. The van der Waals surface area contributed by atoms with Crippen molar-refractivity contribution >= 4 is 27.8 Å². The minimum atomic E-state index is -6.51. The Kier molecular flexibility index (Phi) is 4.71. The molecule has 2 rings (SSSR count). The molecule has 0 aromatic heterocycles. The summed E-state index contributed by atoms with van der Waals surface area (Å²) in [6.45, 7) is -1.07. The van der Waals surface area contributed by atoms with Crippen molar-refractivity contribution in [1.29, 1.82) is 0 Å². The van der Waals surface area contributed by atoms with Crippen molar-refractivity contribution in [2.75, 3.05) is 6.61 Å². The van der Waals surface area contributed by atoms with Crippen LogP contribution in [0.25, 0.3) is 0 Å². The number of esters is 1. The molecule has 2 fully saturated rings. The summed E-state index contributed by atoms with van der Waals surface area (Å²) in [6.07, 6.45) is 0.624. The highest BCUT2D eigenvalue weighted by Gasteiger charge is 2.61. The second-order valence-corrected chi connectivity index (χ2v) is 8.27. The van der Waals surface area contributed by atoms with Crippen LogP contribution in [0.3, 0.4) is 0 Å². The van der Waals surface area contributed by atoms with Crippen molar-refractivity contribution in [3.8, 4) is 0 Å². The largest absolute Gasteiger partial charge is 0.743 e. The molecule has 2 saturated heterocycles. The van der Waals surface area contributed by atoms with Gasteiger partial charge in [0.05, 0.1) is 18.9 Å². The molecule has 0 spiro atoms. The van der Waals surface area contributed by atoms with Crippen LogP contribution in [0.15, 0.2) is 0 Å². The van der Waals surface area contributed by atoms with E-state index in [0.717, 1.165) is 12.8 Å². The maximum atomic E-state index is 13.2. The van der Waals surface area contributed by atoms with Crippen molar-refractivity contribution in [2.45, 2.75) is 47.4 Å².